The summed E-state index contributed by atoms with van der Waals surface area (Å²) in [4.78, 5) is 11.3. The Kier molecular flexibility index (Phi) is 4.87. The Morgan fingerprint density at radius 3 is 2.39 bits per heavy atom. The smallest absolute Gasteiger partial charge is 0.315 e. The summed E-state index contributed by atoms with van der Waals surface area (Å²) in [5, 5.41) is 10.1. The molecule has 0 aliphatic carbocycles. The molecule has 0 atom stereocenters. The van der Waals surface area contributed by atoms with Gasteiger partial charge < -0.3 is 10.6 Å². The molecule has 0 bridgehead atoms. The molecule has 0 aliphatic heterocycles. The van der Waals surface area contributed by atoms with Crippen molar-refractivity contribution < 1.29 is 13.2 Å². The monoisotopic (exact) mass is 269 g/mol. The van der Waals surface area contributed by atoms with Crippen LogP contribution in [-0.2, 0) is 16.6 Å². The van der Waals surface area contributed by atoms with E-state index < -0.39 is 10.0 Å². The van der Waals surface area contributed by atoms with Crippen LogP contribution in [0.4, 0.5) is 4.79 Å². The molecule has 0 aliphatic rings. The third-order valence-corrected chi connectivity index (χ3v) is 3.04. The Balaban J connectivity index is 2.54. The highest BCUT2D eigenvalue weighted by molar-refractivity contribution is 7.89. The quantitative estimate of drug-likeness (QED) is 0.671. The molecule has 0 saturated heterocycles. The predicted octanol–water partition coefficient (Wildman–Crippen LogP) is 0.319. The van der Waals surface area contributed by atoms with Crippen LogP contribution in [-0.4, -0.2) is 21.0 Å². The average molecular weight is 269 g/mol. The molecule has 6 nitrogen and oxygen atoms in total. The van der Waals surface area contributed by atoms with Gasteiger partial charge in [0.1, 0.15) is 0 Å². The zero-order valence-electron chi connectivity index (χ0n) is 9.72. The molecule has 0 spiro atoms. The van der Waals surface area contributed by atoms with Crippen LogP contribution < -0.4 is 15.8 Å². The van der Waals surface area contributed by atoms with E-state index in [4.69, 9.17) is 5.14 Å². The molecular weight excluding hydrogens is 254 g/mol. The molecule has 1 rings (SSSR count). The van der Waals surface area contributed by atoms with Crippen LogP contribution in [0.25, 0.3) is 0 Å². The lowest BCUT2D eigenvalue weighted by atomic mass is 10.2. The number of primary sulfonamides is 1. The Bertz CT molecular complexity index is 523. The summed E-state index contributed by atoms with van der Waals surface area (Å²) in [6, 6.07) is 5.66. The van der Waals surface area contributed by atoms with Crippen LogP contribution in [0.1, 0.15) is 5.56 Å². The highest BCUT2D eigenvalue weighted by Crippen LogP contribution is 2.08. The molecule has 4 N–H and O–H groups in total. The fourth-order valence-electron chi connectivity index (χ4n) is 1.21. The summed E-state index contributed by atoms with van der Waals surface area (Å²) in [7, 11) is -3.67. The van der Waals surface area contributed by atoms with Gasteiger partial charge >= 0.3 is 6.03 Å². The standard InChI is InChI=1S/C11H15N3O3S/c1-2-7-13-11(15)14-8-9-3-5-10(6-4-9)18(12,16)17/h2-6H,1,7-8H2,(H2,12,16,17)(H2,13,14,15). The minimum Gasteiger partial charge on any atom is -0.335 e. The molecule has 0 fully saturated rings. The number of benzene rings is 1. The highest BCUT2D eigenvalue weighted by Gasteiger charge is 2.06. The lowest BCUT2D eigenvalue weighted by molar-refractivity contribution is 0.241. The van der Waals surface area contributed by atoms with E-state index >= 15 is 0 Å². The van der Waals surface area contributed by atoms with Crippen molar-refractivity contribution in [1.82, 2.24) is 10.6 Å². The minimum atomic E-state index is -3.67. The molecule has 18 heavy (non-hydrogen) atoms. The zero-order chi connectivity index (χ0) is 13.6. The van der Waals surface area contributed by atoms with Gasteiger partial charge in [-0.25, -0.2) is 18.4 Å². The number of hydrogen-bond donors (Lipinski definition) is 3. The maximum Gasteiger partial charge on any atom is 0.315 e. The fourth-order valence-corrected chi connectivity index (χ4v) is 1.72. The third kappa shape index (κ3) is 4.56. The summed E-state index contributed by atoms with van der Waals surface area (Å²) in [6.45, 7) is 4.16. The van der Waals surface area contributed by atoms with E-state index in [9.17, 15) is 13.2 Å². The molecule has 98 valence electrons. The second kappa shape index (κ2) is 6.18. The van der Waals surface area contributed by atoms with Gasteiger partial charge in [-0.15, -0.1) is 6.58 Å². The molecule has 1 aromatic carbocycles. The van der Waals surface area contributed by atoms with Crippen molar-refractivity contribution in [2.45, 2.75) is 11.4 Å². The van der Waals surface area contributed by atoms with E-state index in [0.717, 1.165) is 5.56 Å². The van der Waals surface area contributed by atoms with Crippen molar-refractivity contribution in [2.75, 3.05) is 6.54 Å². The topological polar surface area (TPSA) is 101 Å². The number of carbonyl (C=O) groups excluding carboxylic acids is 1. The van der Waals surface area contributed by atoms with Crippen LogP contribution in [0.2, 0.25) is 0 Å². The number of carbonyl (C=O) groups is 1. The first kappa shape index (κ1) is 14.2. The summed E-state index contributed by atoms with van der Waals surface area (Å²) in [5.41, 5.74) is 0.774. The second-order valence-electron chi connectivity index (χ2n) is 3.54. The molecule has 0 heterocycles. The SMILES string of the molecule is C=CCNC(=O)NCc1ccc(S(N)(=O)=O)cc1. The van der Waals surface area contributed by atoms with E-state index in [-0.39, 0.29) is 10.9 Å². The summed E-state index contributed by atoms with van der Waals surface area (Å²) in [5.74, 6) is 0. The van der Waals surface area contributed by atoms with Gasteiger partial charge in [-0.05, 0) is 17.7 Å². The Morgan fingerprint density at radius 2 is 1.89 bits per heavy atom. The highest BCUT2D eigenvalue weighted by atomic mass is 32.2. The number of nitrogens with one attached hydrogen (secondary N) is 2. The van der Waals surface area contributed by atoms with Crippen LogP contribution in [0, 0.1) is 0 Å². The van der Waals surface area contributed by atoms with Crippen molar-refractivity contribution >= 4 is 16.1 Å². The number of rotatable bonds is 5. The second-order valence-corrected chi connectivity index (χ2v) is 5.10. The third-order valence-electron chi connectivity index (χ3n) is 2.11. The van der Waals surface area contributed by atoms with E-state index in [1.54, 1.807) is 18.2 Å². The molecule has 2 amide bonds. The van der Waals surface area contributed by atoms with Gasteiger partial charge in [0.2, 0.25) is 10.0 Å². The maximum absolute atomic E-state index is 11.2. The molecule has 0 unspecified atom stereocenters. The van der Waals surface area contributed by atoms with E-state index in [2.05, 4.69) is 17.2 Å². The molecule has 7 heteroatoms. The van der Waals surface area contributed by atoms with E-state index in [0.29, 0.717) is 13.1 Å². The number of nitrogens with two attached hydrogens (primary N) is 1. The van der Waals surface area contributed by atoms with Crippen LogP contribution >= 0.6 is 0 Å². The maximum atomic E-state index is 11.2. The zero-order valence-corrected chi connectivity index (χ0v) is 10.5. The van der Waals surface area contributed by atoms with Crippen molar-refractivity contribution in [3.8, 4) is 0 Å². The molecule has 0 aromatic heterocycles. The first-order valence-corrected chi connectivity index (χ1v) is 6.72. The molecule has 1 aromatic rings. The largest absolute Gasteiger partial charge is 0.335 e. The Morgan fingerprint density at radius 1 is 1.28 bits per heavy atom. The first-order valence-electron chi connectivity index (χ1n) is 5.18. The van der Waals surface area contributed by atoms with E-state index in [1.165, 1.54) is 12.1 Å². The Labute approximate surface area is 106 Å². The molecule has 0 radical (unpaired) electrons. The van der Waals surface area contributed by atoms with Gasteiger partial charge in [-0.3, -0.25) is 0 Å². The summed E-state index contributed by atoms with van der Waals surface area (Å²) in [6.07, 6.45) is 1.57. The number of hydrogen-bond acceptors (Lipinski definition) is 3. The Hall–Kier alpha value is -1.86. The van der Waals surface area contributed by atoms with Crippen molar-refractivity contribution in [2.24, 2.45) is 5.14 Å². The van der Waals surface area contributed by atoms with Crippen molar-refractivity contribution in [1.29, 1.82) is 0 Å². The van der Waals surface area contributed by atoms with Crippen LogP contribution in [0.15, 0.2) is 41.8 Å². The first-order chi connectivity index (χ1) is 8.43. The fraction of sp³-hybridized carbons (Fsp3) is 0.182. The van der Waals surface area contributed by atoms with Gasteiger partial charge in [0.15, 0.2) is 0 Å². The number of sulfonamides is 1. The summed E-state index contributed by atoms with van der Waals surface area (Å²) < 4.78 is 22.0. The van der Waals surface area contributed by atoms with Crippen LogP contribution in [0.3, 0.4) is 0 Å². The number of amides is 2. The van der Waals surface area contributed by atoms with Gasteiger partial charge in [-0.2, -0.15) is 0 Å². The molecular formula is C11H15N3O3S. The lowest BCUT2D eigenvalue weighted by Crippen LogP contribution is -2.34. The summed E-state index contributed by atoms with van der Waals surface area (Å²) >= 11 is 0. The van der Waals surface area contributed by atoms with Gasteiger partial charge in [0, 0.05) is 13.1 Å². The van der Waals surface area contributed by atoms with E-state index in [1.807, 2.05) is 0 Å². The average Bonchev–Trinajstić information content (AvgIpc) is 2.33. The van der Waals surface area contributed by atoms with Gasteiger partial charge in [0.05, 0.1) is 4.90 Å². The van der Waals surface area contributed by atoms with Gasteiger partial charge in [0.25, 0.3) is 0 Å². The molecule has 0 saturated carbocycles. The predicted molar refractivity (Wildman–Crippen MR) is 68.3 cm³/mol. The lowest BCUT2D eigenvalue weighted by Gasteiger charge is -2.06. The normalized spacial score (nSPS) is 10.7. The minimum absolute atomic E-state index is 0.0439. The van der Waals surface area contributed by atoms with Gasteiger partial charge in [-0.1, -0.05) is 18.2 Å². The van der Waals surface area contributed by atoms with Crippen molar-refractivity contribution in [3.05, 3.63) is 42.5 Å². The van der Waals surface area contributed by atoms with Crippen molar-refractivity contribution in [3.63, 3.8) is 0 Å². The number of urea groups is 1. The van der Waals surface area contributed by atoms with Crippen LogP contribution in [0.5, 0.6) is 0 Å².